The normalized spacial score (nSPS) is 10.5. The van der Waals surface area contributed by atoms with Gasteiger partial charge in [0, 0.05) is 17.3 Å². The van der Waals surface area contributed by atoms with Crippen LogP contribution in [0.15, 0.2) is 54.9 Å². The van der Waals surface area contributed by atoms with E-state index in [4.69, 9.17) is 0 Å². The summed E-state index contributed by atoms with van der Waals surface area (Å²) in [7, 11) is 0. The maximum absolute atomic E-state index is 13.2. The highest BCUT2D eigenvalue weighted by atomic mass is 19.1. The first-order valence-corrected chi connectivity index (χ1v) is 5.55. The van der Waals surface area contributed by atoms with E-state index in [1.165, 1.54) is 12.1 Å². The Bertz CT molecular complexity index is 662. The lowest BCUT2D eigenvalue weighted by Crippen LogP contribution is -1.85. The number of hydrogen-bond donors (Lipinski definition) is 1. The zero-order chi connectivity index (χ0) is 12.4. The predicted molar refractivity (Wildman–Crippen MR) is 67.2 cm³/mol. The molecule has 1 N–H and O–H groups in total. The number of halogens is 1. The van der Waals surface area contributed by atoms with Crippen LogP contribution in [-0.4, -0.2) is 15.2 Å². The third-order valence-electron chi connectivity index (χ3n) is 2.69. The molecule has 2 aromatic heterocycles. The molecule has 1 aromatic carbocycles. The first-order valence-electron chi connectivity index (χ1n) is 5.55. The number of aromatic nitrogens is 3. The fourth-order valence-electron chi connectivity index (χ4n) is 1.87. The molecule has 18 heavy (non-hydrogen) atoms. The summed E-state index contributed by atoms with van der Waals surface area (Å²) in [6, 6.07) is 12.1. The molecule has 0 saturated carbocycles. The fourth-order valence-corrected chi connectivity index (χ4v) is 1.87. The Hall–Kier alpha value is -2.49. The molecule has 3 nitrogen and oxygen atoms in total. The predicted octanol–water partition coefficient (Wildman–Crippen LogP) is 3.28. The molecule has 4 heteroatoms. The van der Waals surface area contributed by atoms with E-state index in [0.29, 0.717) is 0 Å². The molecule has 3 rings (SSSR count). The third kappa shape index (κ3) is 1.88. The Balaban J connectivity index is 2.13. The van der Waals surface area contributed by atoms with E-state index in [0.717, 1.165) is 22.5 Å². The van der Waals surface area contributed by atoms with Gasteiger partial charge in [-0.05, 0) is 24.3 Å². The first-order chi connectivity index (χ1) is 8.84. The smallest absolute Gasteiger partial charge is 0.123 e. The topological polar surface area (TPSA) is 41.6 Å². The number of benzene rings is 1. The monoisotopic (exact) mass is 239 g/mol. The van der Waals surface area contributed by atoms with Crippen LogP contribution in [0.4, 0.5) is 4.39 Å². The van der Waals surface area contributed by atoms with Gasteiger partial charge in [0.05, 0.1) is 17.6 Å². The molecular formula is C14H10FN3. The number of pyridine rings is 1. The molecule has 0 aliphatic rings. The lowest BCUT2D eigenvalue weighted by molar-refractivity contribution is 0.628. The Morgan fingerprint density at radius 2 is 2.00 bits per heavy atom. The second-order valence-corrected chi connectivity index (χ2v) is 3.88. The van der Waals surface area contributed by atoms with Crippen LogP contribution in [0.2, 0.25) is 0 Å². The first kappa shape index (κ1) is 10.7. The summed E-state index contributed by atoms with van der Waals surface area (Å²) in [4.78, 5) is 4.28. The number of H-pyrrole nitrogens is 1. The van der Waals surface area contributed by atoms with Gasteiger partial charge >= 0.3 is 0 Å². The van der Waals surface area contributed by atoms with Crippen LogP contribution in [0.1, 0.15) is 0 Å². The summed E-state index contributed by atoms with van der Waals surface area (Å²) in [5, 5.41) is 6.91. The molecule has 0 bridgehead atoms. The third-order valence-corrected chi connectivity index (χ3v) is 2.69. The fraction of sp³-hybridized carbons (Fsp3) is 0. The van der Waals surface area contributed by atoms with Crippen LogP contribution in [0, 0.1) is 5.82 Å². The number of nitrogens with one attached hydrogen (secondary N) is 1. The molecule has 88 valence electrons. The van der Waals surface area contributed by atoms with Crippen LogP contribution < -0.4 is 0 Å². The molecule has 3 aromatic rings. The lowest BCUT2D eigenvalue weighted by Gasteiger charge is -2.02. The Labute approximate surface area is 103 Å². The van der Waals surface area contributed by atoms with Crippen molar-refractivity contribution in [2.24, 2.45) is 0 Å². The van der Waals surface area contributed by atoms with E-state index in [9.17, 15) is 4.39 Å². The van der Waals surface area contributed by atoms with Crippen molar-refractivity contribution in [3.05, 3.63) is 60.7 Å². The molecule has 0 amide bonds. The van der Waals surface area contributed by atoms with E-state index in [-0.39, 0.29) is 5.82 Å². The zero-order valence-electron chi connectivity index (χ0n) is 9.47. The second kappa shape index (κ2) is 4.41. The largest absolute Gasteiger partial charge is 0.277 e. The molecule has 0 aliphatic heterocycles. The quantitative estimate of drug-likeness (QED) is 0.745. The summed E-state index contributed by atoms with van der Waals surface area (Å²) < 4.78 is 13.2. The summed E-state index contributed by atoms with van der Waals surface area (Å²) >= 11 is 0. The number of hydrogen-bond acceptors (Lipinski definition) is 2. The summed E-state index contributed by atoms with van der Waals surface area (Å²) in [5.41, 5.74) is 3.20. The van der Waals surface area contributed by atoms with Gasteiger partial charge in [0.15, 0.2) is 0 Å². The van der Waals surface area contributed by atoms with E-state index in [2.05, 4.69) is 15.2 Å². The standard InChI is InChI=1S/C14H10FN3/c15-11-5-3-4-10(8-11)14-12(9-17-18-14)13-6-1-2-7-16-13/h1-9H,(H,17,18). The van der Waals surface area contributed by atoms with Crippen LogP contribution in [0.25, 0.3) is 22.5 Å². The van der Waals surface area contributed by atoms with Gasteiger partial charge in [0.1, 0.15) is 5.82 Å². The molecule has 0 unspecified atom stereocenters. The average molecular weight is 239 g/mol. The Kier molecular flexibility index (Phi) is 2.61. The number of nitrogens with zero attached hydrogens (tertiary/aromatic N) is 2. The van der Waals surface area contributed by atoms with Gasteiger partial charge in [0.25, 0.3) is 0 Å². The Morgan fingerprint density at radius 1 is 1.06 bits per heavy atom. The molecule has 2 heterocycles. The van der Waals surface area contributed by atoms with Gasteiger partial charge in [-0.3, -0.25) is 10.1 Å². The number of rotatable bonds is 2. The van der Waals surface area contributed by atoms with E-state index >= 15 is 0 Å². The van der Waals surface area contributed by atoms with E-state index in [1.54, 1.807) is 18.5 Å². The van der Waals surface area contributed by atoms with Crippen molar-refractivity contribution in [1.82, 2.24) is 15.2 Å². The van der Waals surface area contributed by atoms with Crippen LogP contribution >= 0.6 is 0 Å². The summed E-state index contributed by atoms with van der Waals surface area (Å²) in [5.74, 6) is -0.269. The zero-order valence-corrected chi connectivity index (χ0v) is 9.47. The second-order valence-electron chi connectivity index (χ2n) is 3.88. The molecular weight excluding hydrogens is 229 g/mol. The lowest BCUT2D eigenvalue weighted by atomic mass is 10.1. The highest BCUT2D eigenvalue weighted by Crippen LogP contribution is 2.28. The van der Waals surface area contributed by atoms with Gasteiger partial charge in [-0.25, -0.2) is 4.39 Å². The van der Waals surface area contributed by atoms with Crippen molar-refractivity contribution in [2.45, 2.75) is 0 Å². The molecule has 0 spiro atoms. The average Bonchev–Trinajstić information content (AvgIpc) is 2.89. The SMILES string of the molecule is Fc1cccc(-c2[nH]ncc2-c2ccccn2)c1. The molecule has 0 aliphatic carbocycles. The molecule has 0 atom stereocenters. The highest BCUT2D eigenvalue weighted by molar-refractivity contribution is 5.78. The maximum atomic E-state index is 13.2. The number of aromatic amines is 1. The van der Waals surface area contributed by atoms with Crippen molar-refractivity contribution in [3.63, 3.8) is 0 Å². The van der Waals surface area contributed by atoms with Gasteiger partial charge in [-0.2, -0.15) is 5.10 Å². The van der Waals surface area contributed by atoms with Crippen LogP contribution in [-0.2, 0) is 0 Å². The minimum atomic E-state index is -0.269. The van der Waals surface area contributed by atoms with Gasteiger partial charge in [0.2, 0.25) is 0 Å². The van der Waals surface area contributed by atoms with Crippen molar-refractivity contribution >= 4 is 0 Å². The van der Waals surface area contributed by atoms with Gasteiger partial charge in [-0.1, -0.05) is 18.2 Å². The molecule has 0 fully saturated rings. The van der Waals surface area contributed by atoms with Crippen molar-refractivity contribution < 1.29 is 4.39 Å². The van der Waals surface area contributed by atoms with Gasteiger partial charge in [-0.15, -0.1) is 0 Å². The minimum Gasteiger partial charge on any atom is -0.277 e. The Morgan fingerprint density at radius 3 is 2.78 bits per heavy atom. The highest BCUT2D eigenvalue weighted by Gasteiger charge is 2.10. The van der Waals surface area contributed by atoms with Crippen molar-refractivity contribution in [2.75, 3.05) is 0 Å². The van der Waals surface area contributed by atoms with Crippen molar-refractivity contribution in [3.8, 4) is 22.5 Å². The summed E-state index contributed by atoms with van der Waals surface area (Å²) in [6.45, 7) is 0. The van der Waals surface area contributed by atoms with Crippen molar-refractivity contribution in [1.29, 1.82) is 0 Å². The maximum Gasteiger partial charge on any atom is 0.123 e. The van der Waals surface area contributed by atoms with Crippen LogP contribution in [0.5, 0.6) is 0 Å². The molecule has 0 saturated heterocycles. The van der Waals surface area contributed by atoms with Crippen LogP contribution in [0.3, 0.4) is 0 Å². The summed E-state index contributed by atoms with van der Waals surface area (Å²) in [6.07, 6.45) is 3.42. The van der Waals surface area contributed by atoms with E-state index < -0.39 is 0 Å². The molecule has 0 radical (unpaired) electrons. The minimum absolute atomic E-state index is 0.269. The van der Waals surface area contributed by atoms with Gasteiger partial charge < -0.3 is 0 Å². The van der Waals surface area contributed by atoms with E-state index in [1.807, 2.05) is 24.3 Å².